The van der Waals surface area contributed by atoms with Crippen LogP contribution in [0.2, 0.25) is 0 Å². The molecule has 1 saturated heterocycles. The number of aromatic hydroxyl groups is 1. The first-order valence-electron chi connectivity index (χ1n) is 10.0. The molecule has 1 aliphatic heterocycles. The summed E-state index contributed by atoms with van der Waals surface area (Å²) in [5.74, 6) is 0.382. The van der Waals surface area contributed by atoms with Crippen LogP contribution in [-0.2, 0) is 6.54 Å². The van der Waals surface area contributed by atoms with Gasteiger partial charge in [-0.3, -0.25) is 4.90 Å². The Labute approximate surface area is 165 Å². The Bertz CT molecular complexity index is 1110. The molecule has 0 unspecified atom stereocenters. The number of para-hydroxylation sites is 1. The minimum absolute atomic E-state index is 0.382. The van der Waals surface area contributed by atoms with Gasteiger partial charge in [0.15, 0.2) is 0 Å². The van der Waals surface area contributed by atoms with Gasteiger partial charge in [0.1, 0.15) is 5.75 Å². The maximum absolute atomic E-state index is 10.4. The summed E-state index contributed by atoms with van der Waals surface area (Å²) in [5.41, 5.74) is 6.76. The lowest BCUT2D eigenvalue weighted by Crippen LogP contribution is -2.18. The number of fused-ring (bicyclic) bond motifs is 1. The zero-order chi connectivity index (χ0) is 18.9. The summed E-state index contributed by atoms with van der Waals surface area (Å²) in [7, 11) is 0. The highest BCUT2D eigenvalue weighted by Gasteiger charge is 2.18. The highest BCUT2D eigenvalue weighted by Crippen LogP contribution is 2.39. The normalized spacial score (nSPS) is 14.7. The Kier molecular flexibility index (Phi) is 4.38. The van der Waals surface area contributed by atoms with Crippen LogP contribution in [0, 0.1) is 0 Å². The second-order valence-electron chi connectivity index (χ2n) is 7.61. The number of phenolic OH excluding ortho intramolecular Hbond substituents is 1. The smallest absolute Gasteiger partial charge is 0.120 e. The minimum atomic E-state index is 0.382. The highest BCUT2D eigenvalue weighted by molar-refractivity contribution is 6.03. The maximum Gasteiger partial charge on any atom is 0.120 e. The number of H-pyrrole nitrogens is 1. The van der Waals surface area contributed by atoms with Gasteiger partial charge in [0, 0.05) is 28.6 Å². The van der Waals surface area contributed by atoms with Crippen LogP contribution in [0.15, 0.2) is 72.8 Å². The van der Waals surface area contributed by atoms with E-state index in [-0.39, 0.29) is 0 Å². The standard InChI is InChI=1S/C25H24N2O/c28-23-13-12-19(16-20(23)17-27-14-6-7-15-27)25-24(18-8-2-1-3-9-18)21-10-4-5-11-22(21)26-25/h1-5,8-13,16,26,28H,6-7,14-15,17H2. The Hall–Kier alpha value is -3.04. The average molecular weight is 368 g/mol. The lowest BCUT2D eigenvalue weighted by molar-refractivity contribution is 0.324. The van der Waals surface area contributed by atoms with Crippen LogP contribution in [0.4, 0.5) is 0 Å². The molecular formula is C25H24N2O. The second-order valence-corrected chi connectivity index (χ2v) is 7.61. The van der Waals surface area contributed by atoms with E-state index in [9.17, 15) is 5.11 Å². The quantitative estimate of drug-likeness (QED) is 0.477. The number of nitrogens with one attached hydrogen (secondary N) is 1. The summed E-state index contributed by atoms with van der Waals surface area (Å²) in [4.78, 5) is 6.04. The molecule has 2 heterocycles. The van der Waals surface area contributed by atoms with Crippen molar-refractivity contribution < 1.29 is 5.11 Å². The van der Waals surface area contributed by atoms with E-state index >= 15 is 0 Å². The molecule has 3 aromatic carbocycles. The van der Waals surface area contributed by atoms with Crippen LogP contribution in [-0.4, -0.2) is 28.1 Å². The third kappa shape index (κ3) is 3.08. The summed E-state index contributed by atoms with van der Waals surface area (Å²) in [6.45, 7) is 3.04. The largest absolute Gasteiger partial charge is 0.508 e. The summed E-state index contributed by atoms with van der Waals surface area (Å²) < 4.78 is 0. The van der Waals surface area contributed by atoms with Crippen LogP contribution in [0.3, 0.4) is 0 Å². The van der Waals surface area contributed by atoms with Gasteiger partial charge in [0.05, 0.1) is 5.69 Å². The van der Waals surface area contributed by atoms with E-state index in [0.29, 0.717) is 5.75 Å². The average Bonchev–Trinajstić information content (AvgIpc) is 3.38. The van der Waals surface area contributed by atoms with Crippen LogP contribution in [0.1, 0.15) is 18.4 Å². The molecule has 0 atom stereocenters. The van der Waals surface area contributed by atoms with Gasteiger partial charge in [0.25, 0.3) is 0 Å². The van der Waals surface area contributed by atoms with Crippen molar-refractivity contribution in [3.05, 3.63) is 78.4 Å². The molecule has 1 aromatic heterocycles. The molecule has 0 aliphatic carbocycles. The predicted molar refractivity (Wildman–Crippen MR) is 115 cm³/mol. The van der Waals surface area contributed by atoms with Gasteiger partial charge in [-0.1, -0.05) is 48.5 Å². The van der Waals surface area contributed by atoms with Gasteiger partial charge in [-0.05, 0) is 61.3 Å². The lowest BCUT2D eigenvalue weighted by atomic mass is 9.97. The molecule has 3 heteroatoms. The van der Waals surface area contributed by atoms with E-state index in [0.717, 1.165) is 42.0 Å². The second kappa shape index (κ2) is 7.17. The van der Waals surface area contributed by atoms with E-state index in [4.69, 9.17) is 0 Å². The van der Waals surface area contributed by atoms with Crippen LogP contribution in [0.5, 0.6) is 5.75 Å². The van der Waals surface area contributed by atoms with E-state index in [1.165, 1.54) is 29.4 Å². The van der Waals surface area contributed by atoms with E-state index in [2.05, 4.69) is 64.5 Å². The van der Waals surface area contributed by atoms with E-state index in [1.807, 2.05) is 18.2 Å². The summed E-state index contributed by atoms with van der Waals surface area (Å²) in [5, 5.41) is 11.7. The van der Waals surface area contributed by atoms with Crippen molar-refractivity contribution in [1.82, 2.24) is 9.88 Å². The van der Waals surface area contributed by atoms with Crippen molar-refractivity contribution in [3.63, 3.8) is 0 Å². The Morgan fingerprint density at radius 3 is 2.39 bits per heavy atom. The first kappa shape index (κ1) is 17.1. The molecule has 3 nitrogen and oxygen atoms in total. The summed E-state index contributed by atoms with van der Waals surface area (Å²) in [6, 6.07) is 25.0. The number of aromatic nitrogens is 1. The Morgan fingerprint density at radius 1 is 0.821 bits per heavy atom. The first-order chi connectivity index (χ1) is 13.8. The van der Waals surface area contributed by atoms with Gasteiger partial charge < -0.3 is 10.1 Å². The van der Waals surface area contributed by atoms with Crippen molar-refractivity contribution in [1.29, 1.82) is 0 Å². The Morgan fingerprint density at radius 2 is 1.57 bits per heavy atom. The molecule has 28 heavy (non-hydrogen) atoms. The maximum atomic E-state index is 10.4. The van der Waals surface area contributed by atoms with Gasteiger partial charge in [-0.2, -0.15) is 0 Å². The molecule has 0 amide bonds. The van der Waals surface area contributed by atoms with Gasteiger partial charge in [-0.25, -0.2) is 0 Å². The predicted octanol–water partition coefficient (Wildman–Crippen LogP) is 5.80. The van der Waals surface area contributed by atoms with Gasteiger partial charge in [-0.15, -0.1) is 0 Å². The molecule has 4 aromatic rings. The third-order valence-electron chi connectivity index (χ3n) is 5.73. The highest BCUT2D eigenvalue weighted by atomic mass is 16.3. The molecule has 5 rings (SSSR count). The van der Waals surface area contributed by atoms with E-state index < -0.39 is 0 Å². The molecule has 140 valence electrons. The van der Waals surface area contributed by atoms with Gasteiger partial charge >= 0.3 is 0 Å². The third-order valence-corrected chi connectivity index (χ3v) is 5.73. The molecule has 0 radical (unpaired) electrons. The fourth-order valence-corrected chi connectivity index (χ4v) is 4.31. The molecule has 0 spiro atoms. The molecule has 0 saturated carbocycles. The monoisotopic (exact) mass is 368 g/mol. The zero-order valence-electron chi connectivity index (χ0n) is 15.9. The SMILES string of the molecule is Oc1ccc(-c2[nH]c3ccccc3c2-c2ccccc2)cc1CN1CCCC1. The Balaban J connectivity index is 1.65. The van der Waals surface area contributed by atoms with Crippen LogP contribution < -0.4 is 0 Å². The molecular weight excluding hydrogens is 344 g/mol. The first-order valence-corrected chi connectivity index (χ1v) is 10.0. The number of likely N-dealkylation sites (tertiary alicyclic amines) is 1. The van der Waals surface area contributed by atoms with Crippen LogP contribution in [0.25, 0.3) is 33.3 Å². The van der Waals surface area contributed by atoms with Crippen molar-refractivity contribution in [3.8, 4) is 28.1 Å². The molecule has 0 bridgehead atoms. The topological polar surface area (TPSA) is 39.3 Å². The number of nitrogens with zero attached hydrogens (tertiary/aromatic N) is 1. The fourth-order valence-electron chi connectivity index (χ4n) is 4.31. The van der Waals surface area contributed by atoms with Crippen molar-refractivity contribution in [2.75, 3.05) is 13.1 Å². The number of aromatic amines is 1. The molecule has 2 N–H and O–H groups in total. The van der Waals surface area contributed by atoms with Crippen molar-refractivity contribution in [2.24, 2.45) is 0 Å². The van der Waals surface area contributed by atoms with Crippen molar-refractivity contribution >= 4 is 10.9 Å². The minimum Gasteiger partial charge on any atom is -0.508 e. The van der Waals surface area contributed by atoms with Gasteiger partial charge in [0.2, 0.25) is 0 Å². The number of benzene rings is 3. The van der Waals surface area contributed by atoms with Crippen LogP contribution >= 0.6 is 0 Å². The lowest BCUT2D eigenvalue weighted by Gasteiger charge is -2.16. The number of rotatable bonds is 4. The number of hydrogen-bond donors (Lipinski definition) is 2. The fraction of sp³-hybridized carbons (Fsp3) is 0.200. The summed E-state index contributed by atoms with van der Waals surface area (Å²) in [6.07, 6.45) is 2.50. The van der Waals surface area contributed by atoms with E-state index in [1.54, 1.807) is 0 Å². The summed E-state index contributed by atoms with van der Waals surface area (Å²) >= 11 is 0. The number of hydrogen-bond acceptors (Lipinski definition) is 2. The van der Waals surface area contributed by atoms with Crippen molar-refractivity contribution in [2.45, 2.75) is 19.4 Å². The molecule has 1 aliphatic rings. The zero-order valence-corrected chi connectivity index (χ0v) is 15.9. The molecule has 1 fully saturated rings. The number of phenols is 1.